The zero-order valence-electron chi connectivity index (χ0n) is 10.5. The van der Waals surface area contributed by atoms with Crippen LogP contribution in [0.3, 0.4) is 0 Å². The van der Waals surface area contributed by atoms with Gasteiger partial charge in [0, 0.05) is 6.54 Å². The van der Waals surface area contributed by atoms with Crippen LogP contribution in [-0.2, 0) is 4.79 Å². The molecule has 3 heteroatoms. The SMILES string of the molecule is CCC(C)C1NCN(CCC2CCC2)C1=O. The standard InChI is InChI=1S/C13H24N2O/c1-3-10(2)12-13(16)15(9-14-12)8-7-11-5-4-6-11/h10-12,14H,3-9H2,1-2H3. The molecule has 1 saturated heterocycles. The molecule has 0 bridgehead atoms. The van der Waals surface area contributed by atoms with Crippen molar-refractivity contribution in [3.8, 4) is 0 Å². The van der Waals surface area contributed by atoms with E-state index < -0.39 is 0 Å². The van der Waals surface area contributed by atoms with Crippen LogP contribution in [0.1, 0.15) is 46.0 Å². The summed E-state index contributed by atoms with van der Waals surface area (Å²) in [7, 11) is 0. The van der Waals surface area contributed by atoms with Crippen LogP contribution in [0.5, 0.6) is 0 Å². The molecule has 3 nitrogen and oxygen atoms in total. The molecule has 0 aromatic rings. The first kappa shape index (κ1) is 11.9. The Bertz CT molecular complexity index is 250. The van der Waals surface area contributed by atoms with Crippen LogP contribution in [-0.4, -0.2) is 30.1 Å². The van der Waals surface area contributed by atoms with Crippen LogP contribution in [0.25, 0.3) is 0 Å². The van der Waals surface area contributed by atoms with Crippen LogP contribution in [0, 0.1) is 11.8 Å². The number of hydrogen-bond acceptors (Lipinski definition) is 2. The fraction of sp³-hybridized carbons (Fsp3) is 0.923. The molecule has 0 spiro atoms. The summed E-state index contributed by atoms with van der Waals surface area (Å²) in [5.74, 6) is 1.69. The maximum absolute atomic E-state index is 12.1. The first-order chi connectivity index (χ1) is 7.72. The first-order valence-corrected chi connectivity index (χ1v) is 6.74. The molecule has 0 aromatic heterocycles. The van der Waals surface area contributed by atoms with Gasteiger partial charge in [0.2, 0.25) is 5.91 Å². The molecule has 0 aromatic carbocycles. The highest BCUT2D eigenvalue weighted by Crippen LogP contribution is 2.29. The normalized spacial score (nSPS) is 28.2. The molecule has 2 atom stereocenters. The van der Waals surface area contributed by atoms with Gasteiger partial charge in [-0.05, 0) is 18.3 Å². The molecular formula is C13H24N2O. The molecule has 1 saturated carbocycles. The second kappa shape index (κ2) is 5.17. The van der Waals surface area contributed by atoms with Crippen LogP contribution in [0.15, 0.2) is 0 Å². The molecule has 1 heterocycles. The van der Waals surface area contributed by atoms with Gasteiger partial charge < -0.3 is 4.90 Å². The van der Waals surface area contributed by atoms with Gasteiger partial charge in [-0.3, -0.25) is 10.1 Å². The highest BCUT2D eigenvalue weighted by atomic mass is 16.2. The highest BCUT2D eigenvalue weighted by molar-refractivity contribution is 5.84. The summed E-state index contributed by atoms with van der Waals surface area (Å²) in [5, 5.41) is 3.34. The fourth-order valence-electron chi connectivity index (χ4n) is 2.56. The van der Waals surface area contributed by atoms with E-state index >= 15 is 0 Å². The minimum atomic E-state index is 0.0754. The third kappa shape index (κ3) is 2.40. The molecular weight excluding hydrogens is 200 g/mol. The van der Waals surface area contributed by atoms with Crippen molar-refractivity contribution >= 4 is 5.91 Å². The average molecular weight is 224 g/mol. The van der Waals surface area contributed by atoms with Gasteiger partial charge in [-0.15, -0.1) is 0 Å². The predicted octanol–water partition coefficient (Wildman–Crippen LogP) is 1.98. The fourth-order valence-corrected chi connectivity index (χ4v) is 2.56. The molecule has 1 aliphatic heterocycles. The van der Waals surface area contributed by atoms with Crippen LogP contribution in [0.2, 0.25) is 0 Å². The lowest BCUT2D eigenvalue weighted by molar-refractivity contribution is -0.130. The van der Waals surface area contributed by atoms with Gasteiger partial charge in [-0.1, -0.05) is 39.5 Å². The van der Waals surface area contributed by atoms with Gasteiger partial charge in [0.1, 0.15) is 0 Å². The molecule has 2 aliphatic rings. The second-order valence-electron chi connectivity index (χ2n) is 5.41. The van der Waals surface area contributed by atoms with E-state index in [1.807, 2.05) is 4.90 Å². The minimum Gasteiger partial charge on any atom is -0.329 e. The number of hydrogen-bond donors (Lipinski definition) is 1. The van der Waals surface area contributed by atoms with Crippen molar-refractivity contribution in [3.05, 3.63) is 0 Å². The van der Waals surface area contributed by atoms with E-state index in [9.17, 15) is 4.79 Å². The number of amides is 1. The van der Waals surface area contributed by atoms with Gasteiger partial charge in [-0.25, -0.2) is 0 Å². The van der Waals surface area contributed by atoms with Crippen molar-refractivity contribution in [1.29, 1.82) is 0 Å². The topological polar surface area (TPSA) is 32.3 Å². The highest BCUT2D eigenvalue weighted by Gasteiger charge is 2.34. The number of nitrogens with zero attached hydrogens (tertiary/aromatic N) is 1. The molecule has 2 fully saturated rings. The summed E-state index contributed by atoms with van der Waals surface area (Å²) in [6.07, 6.45) is 6.43. The maximum atomic E-state index is 12.1. The van der Waals surface area contributed by atoms with E-state index in [0.717, 1.165) is 25.6 Å². The number of carbonyl (C=O) groups excluding carboxylic acids is 1. The molecule has 2 unspecified atom stereocenters. The first-order valence-electron chi connectivity index (χ1n) is 6.74. The van der Waals surface area contributed by atoms with Crippen molar-refractivity contribution < 1.29 is 4.79 Å². The smallest absolute Gasteiger partial charge is 0.241 e. The zero-order chi connectivity index (χ0) is 11.5. The van der Waals surface area contributed by atoms with Crippen LogP contribution >= 0.6 is 0 Å². The third-order valence-corrected chi connectivity index (χ3v) is 4.32. The summed E-state index contributed by atoms with van der Waals surface area (Å²) in [6.45, 7) is 6.03. The van der Waals surface area contributed by atoms with Gasteiger partial charge in [0.25, 0.3) is 0 Å². The van der Waals surface area contributed by atoms with Gasteiger partial charge >= 0.3 is 0 Å². The quantitative estimate of drug-likeness (QED) is 0.774. The average Bonchev–Trinajstić information content (AvgIpc) is 2.57. The lowest BCUT2D eigenvalue weighted by atomic mass is 9.83. The summed E-state index contributed by atoms with van der Waals surface area (Å²) in [4.78, 5) is 14.1. The second-order valence-corrected chi connectivity index (χ2v) is 5.41. The van der Waals surface area contributed by atoms with Crippen molar-refractivity contribution in [2.24, 2.45) is 11.8 Å². The van der Waals surface area contributed by atoms with E-state index in [1.54, 1.807) is 0 Å². The minimum absolute atomic E-state index is 0.0754. The van der Waals surface area contributed by atoms with Crippen molar-refractivity contribution in [1.82, 2.24) is 10.2 Å². The van der Waals surface area contributed by atoms with E-state index in [2.05, 4.69) is 19.2 Å². The Kier molecular flexibility index (Phi) is 3.85. The zero-order valence-corrected chi connectivity index (χ0v) is 10.5. The monoisotopic (exact) mass is 224 g/mol. The number of rotatable bonds is 5. The Morgan fingerprint density at radius 2 is 2.25 bits per heavy atom. The summed E-state index contributed by atoms with van der Waals surface area (Å²) in [6, 6.07) is 0.0754. The summed E-state index contributed by atoms with van der Waals surface area (Å²) in [5.41, 5.74) is 0. The maximum Gasteiger partial charge on any atom is 0.241 e. The van der Waals surface area contributed by atoms with E-state index in [0.29, 0.717) is 11.8 Å². The predicted molar refractivity (Wildman–Crippen MR) is 64.9 cm³/mol. The van der Waals surface area contributed by atoms with Crippen LogP contribution in [0.4, 0.5) is 0 Å². The Morgan fingerprint density at radius 3 is 2.81 bits per heavy atom. The van der Waals surface area contributed by atoms with Crippen molar-refractivity contribution in [3.63, 3.8) is 0 Å². The van der Waals surface area contributed by atoms with Crippen molar-refractivity contribution in [2.75, 3.05) is 13.2 Å². The number of nitrogens with one attached hydrogen (secondary N) is 1. The van der Waals surface area contributed by atoms with E-state index in [1.165, 1.54) is 25.7 Å². The Morgan fingerprint density at radius 1 is 1.50 bits per heavy atom. The lowest BCUT2D eigenvalue weighted by Gasteiger charge is -2.27. The van der Waals surface area contributed by atoms with Gasteiger partial charge in [-0.2, -0.15) is 0 Å². The van der Waals surface area contributed by atoms with E-state index in [4.69, 9.17) is 0 Å². The molecule has 1 amide bonds. The molecule has 16 heavy (non-hydrogen) atoms. The number of carbonyl (C=O) groups is 1. The lowest BCUT2D eigenvalue weighted by Crippen LogP contribution is -2.36. The summed E-state index contributed by atoms with van der Waals surface area (Å²) >= 11 is 0. The largest absolute Gasteiger partial charge is 0.329 e. The van der Waals surface area contributed by atoms with Crippen LogP contribution < -0.4 is 5.32 Å². The molecule has 0 radical (unpaired) electrons. The Labute approximate surface area is 98.6 Å². The van der Waals surface area contributed by atoms with Crippen molar-refractivity contribution in [2.45, 2.75) is 52.0 Å². The molecule has 1 N–H and O–H groups in total. The van der Waals surface area contributed by atoms with Gasteiger partial charge in [0.15, 0.2) is 0 Å². The summed E-state index contributed by atoms with van der Waals surface area (Å²) < 4.78 is 0. The third-order valence-electron chi connectivity index (χ3n) is 4.32. The Balaban J connectivity index is 1.77. The van der Waals surface area contributed by atoms with E-state index in [-0.39, 0.29) is 6.04 Å². The van der Waals surface area contributed by atoms with Gasteiger partial charge in [0.05, 0.1) is 12.7 Å². The Hall–Kier alpha value is -0.570. The molecule has 1 aliphatic carbocycles. The molecule has 92 valence electrons. The molecule has 2 rings (SSSR count).